The summed E-state index contributed by atoms with van der Waals surface area (Å²) < 4.78 is 5.03. The molecular formula is C18H15N5O2. The van der Waals surface area contributed by atoms with Gasteiger partial charge in [-0.25, -0.2) is 9.97 Å². The van der Waals surface area contributed by atoms with Gasteiger partial charge in [-0.3, -0.25) is 4.79 Å². The molecule has 2 heterocycles. The van der Waals surface area contributed by atoms with Crippen LogP contribution in [0.25, 0.3) is 0 Å². The molecule has 124 valence electrons. The van der Waals surface area contributed by atoms with Crippen LogP contribution in [0, 0.1) is 18.8 Å². The van der Waals surface area contributed by atoms with Gasteiger partial charge in [-0.1, -0.05) is 17.0 Å². The largest absolute Gasteiger partial charge is 0.368 e. The molecule has 0 radical (unpaired) electrons. The Balaban J connectivity index is 1.60. The molecule has 0 spiro atoms. The number of aromatic nitrogens is 3. The van der Waals surface area contributed by atoms with Crippen molar-refractivity contribution in [3.05, 3.63) is 65.3 Å². The van der Waals surface area contributed by atoms with Gasteiger partial charge in [-0.15, -0.1) is 0 Å². The highest BCUT2D eigenvalue weighted by molar-refractivity contribution is 5.91. The number of carbonyl (C=O) groups is 1. The van der Waals surface area contributed by atoms with Crippen molar-refractivity contribution < 1.29 is 9.32 Å². The second kappa shape index (κ2) is 7.27. The second-order valence-electron chi connectivity index (χ2n) is 5.32. The minimum absolute atomic E-state index is 0.138. The average molecular weight is 333 g/mol. The standard InChI is InChI=1S/C18H15N5O2/c1-12-8-16(25-23-12)9-17(24)22-15-6-4-13(5-7-15)2-3-14-10-20-18(19)21-11-14/h4-8,10-11H,9H2,1H3,(H,22,24)(H2,19,20,21). The van der Waals surface area contributed by atoms with Crippen molar-refractivity contribution in [2.24, 2.45) is 0 Å². The van der Waals surface area contributed by atoms with Gasteiger partial charge >= 0.3 is 0 Å². The molecule has 0 fully saturated rings. The number of nitrogen functional groups attached to an aromatic ring is 1. The number of carbonyl (C=O) groups excluding carboxylic acids is 1. The first-order chi connectivity index (χ1) is 12.1. The molecule has 0 saturated heterocycles. The van der Waals surface area contributed by atoms with E-state index < -0.39 is 0 Å². The predicted molar refractivity (Wildman–Crippen MR) is 92.4 cm³/mol. The Morgan fingerprint density at radius 1 is 1.16 bits per heavy atom. The third kappa shape index (κ3) is 4.65. The molecule has 3 rings (SSSR count). The molecule has 3 aromatic rings. The van der Waals surface area contributed by atoms with E-state index in [0.717, 1.165) is 11.3 Å². The van der Waals surface area contributed by atoms with Gasteiger partial charge in [0.05, 0.1) is 17.7 Å². The maximum Gasteiger partial charge on any atom is 0.232 e. The number of nitrogens with one attached hydrogen (secondary N) is 1. The summed E-state index contributed by atoms with van der Waals surface area (Å²) in [4.78, 5) is 19.7. The topological polar surface area (TPSA) is 107 Å². The van der Waals surface area contributed by atoms with E-state index in [1.807, 2.05) is 12.1 Å². The molecule has 1 amide bonds. The third-order valence-electron chi connectivity index (χ3n) is 3.20. The van der Waals surface area contributed by atoms with Gasteiger partial charge < -0.3 is 15.6 Å². The molecule has 0 aliphatic heterocycles. The Bertz CT molecular complexity index is 934. The molecule has 0 saturated carbocycles. The first-order valence-corrected chi connectivity index (χ1v) is 7.50. The highest BCUT2D eigenvalue weighted by Crippen LogP contribution is 2.10. The van der Waals surface area contributed by atoms with E-state index in [9.17, 15) is 4.79 Å². The maximum absolute atomic E-state index is 12.0. The van der Waals surface area contributed by atoms with Crippen LogP contribution in [0.15, 0.2) is 47.2 Å². The van der Waals surface area contributed by atoms with Crippen LogP contribution in [-0.4, -0.2) is 21.0 Å². The van der Waals surface area contributed by atoms with Gasteiger partial charge in [0.15, 0.2) is 0 Å². The van der Waals surface area contributed by atoms with Gasteiger partial charge in [-0.2, -0.15) is 0 Å². The molecule has 0 aliphatic rings. The minimum atomic E-state index is -0.172. The predicted octanol–water partition coefficient (Wildman–Crippen LogP) is 1.94. The van der Waals surface area contributed by atoms with E-state index in [2.05, 4.69) is 32.3 Å². The lowest BCUT2D eigenvalue weighted by atomic mass is 10.2. The van der Waals surface area contributed by atoms with E-state index >= 15 is 0 Å². The number of nitrogens with two attached hydrogens (primary N) is 1. The molecular weight excluding hydrogens is 318 g/mol. The van der Waals surface area contributed by atoms with Crippen LogP contribution in [0.5, 0.6) is 0 Å². The van der Waals surface area contributed by atoms with Crippen LogP contribution in [0.3, 0.4) is 0 Å². The van der Waals surface area contributed by atoms with Crippen LogP contribution in [-0.2, 0) is 11.2 Å². The van der Waals surface area contributed by atoms with Crippen molar-refractivity contribution in [3.8, 4) is 11.8 Å². The van der Waals surface area contributed by atoms with E-state index in [1.54, 1.807) is 37.5 Å². The van der Waals surface area contributed by atoms with Crippen molar-refractivity contribution in [2.45, 2.75) is 13.3 Å². The molecule has 2 aromatic heterocycles. The number of anilines is 2. The van der Waals surface area contributed by atoms with Gasteiger partial charge in [0.1, 0.15) is 5.76 Å². The van der Waals surface area contributed by atoms with Crippen LogP contribution in [0.4, 0.5) is 11.6 Å². The lowest BCUT2D eigenvalue weighted by Crippen LogP contribution is -2.13. The monoisotopic (exact) mass is 333 g/mol. The fourth-order valence-corrected chi connectivity index (χ4v) is 2.05. The number of aryl methyl sites for hydroxylation is 1. The SMILES string of the molecule is Cc1cc(CC(=O)Nc2ccc(C#Cc3cnc(N)nc3)cc2)on1. The molecule has 25 heavy (non-hydrogen) atoms. The Morgan fingerprint density at radius 3 is 2.48 bits per heavy atom. The lowest BCUT2D eigenvalue weighted by molar-refractivity contribution is -0.115. The summed E-state index contributed by atoms with van der Waals surface area (Å²) in [6.07, 6.45) is 3.27. The Kier molecular flexibility index (Phi) is 4.72. The van der Waals surface area contributed by atoms with E-state index in [4.69, 9.17) is 10.3 Å². The van der Waals surface area contributed by atoms with Crippen LogP contribution in [0.1, 0.15) is 22.6 Å². The number of hydrogen-bond acceptors (Lipinski definition) is 6. The summed E-state index contributed by atoms with van der Waals surface area (Å²) in [6.45, 7) is 1.81. The summed E-state index contributed by atoms with van der Waals surface area (Å²) in [5, 5.41) is 6.55. The van der Waals surface area contributed by atoms with Gasteiger partial charge in [0.2, 0.25) is 11.9 Å². The zero-order valence-corrected chi connectivity index (χ0v) is 13.5. The fraction of sp³-hybridized carbons (Fsp3) is 0.111. The normalized spacial score (nSPS) is 9.96. The molecule has 1 aromatic carbocycles. The van der Waals surface area contributed by atoms with Crippen molar-refractivity contribution in [1.29, 1.82) is 0 Å². The van der Waals surface area contributed by atoms with E-state index in [-0.39, 0.29) is 18.3 Å². The van der Waals surface area contributed by atoms with Crippen LogP contribution >= 0.6 is 0 Å². The van der Waals surface area contributed by atoms with Gasteiger partial charge in [-0.05, 0) is 31.2 Å². The Hall–Kier alpha value is -3.66. The number of rotatable bonds is 3. The van der Waals surface area contributed by atoms with Gasteiger partial charge in [0.25, 0.3) is 0 Å². The van der Waals surface area contributed by atoms with Crippen molar-refractivity contribution in [1.82, 2.24) is 15.1 Å². The number of amides is 1. The average Bonchev–Trinajstić information content (AvgIpc) is 3.00. The molecule has 0 atom stereocenters. The van der Waals surface area contributed by atoms with Crippen LogP contribution in [0.2, 0.25) is 0 Å². The Morgan fingerprint density at radius 2 is 1.84 bits per heavy atom. The van der Waals surface area contributed by atoms with E-state index in [1.165, 1.54) is 0 Å². The Labute approximate surface area is 144 Å². The number of hydrogen-bond donors (Lipinski definition) is 2. The molecule has 7 nitrogen and oxygen atoms in total. The van der Waals surface area contributed by atoms with Crippen molar-refractivity contribution in [2.75, 3.05) is 11.1 Å². The second-order valence-corrected chi connectivity index (χ2v) is 5.32. The quantitative estimate of drug-likeness (QED) is 0.709. The molecule has 7 heteroatoms. The maximum atomic E-state index is 12.0. The molecule has 0 aliphatic carbocycles. The van der Waals surface area contributed by atoms with Gasteiger partial charge in [0, 0.05) is 29.7 Å². The molecule has 0 unspecified atom stereocenters. The molecule has 0 bridgehead atoms. The van der Waals surface area contributed by atoms with Crippen molar-refractivity contribution in [3.63, 3.8) is 0 Å². The summed E-state index contributed by atoms with van der Waals surface area (Å²) in [6, 6.07) is 8.94. The zero-order chi connectivity index (χ0) is 17.6. The summed E-state index contributed by atoms with van der Waals surface area (Å²) in [5.41, 5.74) is 8.34. The third-order valence-corrected chi connectivity index (χ3v) is 3.20. The minimum Gasteiger partial charge on any atom is -0.368 e. The zero-order valence-electron chi connectivity index (χ0n) is 13.5. The first kappa shape index (κ1) is 16.2. The highest BCUT2D eigenvalue weighted by Gasteiger charge is 2.08. The number of nitrogens with zero attached hydrogens (tertiary/aromatic N) is 3. The smallest absolute Gasteiger partial charge is 0.232 e. The van der Waals surface area contributed by atoms with Crippen LogP contribution < -0.4 is 11.1 Å². The first-order valence-electron chi connectivity index (χ1n) is 7.50. The fourth-order valence-electron chi connectivity index (χ4n) is 2.05. The lowest BCUT2D eigenvalue weighted by Gasteiger charge is -2.03. The highest BCUT2D eigenvalue weighted by atomic mass is 16.5. The summed E-state index contributed by atoms with van der Waals surface area (Å²) >= 11 is 0. The summed E-state index contributed by atoms with van der Waals surface area (Å²) in [7, 11) is 0. The van der Waals surface area contributed by atoms with E-state index in [0.29, 0.717) is 17.0 Å². The van der Waals surface area contributed by atoms with Crippen molar-refractivity contribution >= 4 is 17.5 Å². The molecule has 3 N–H and O–H groups in total. The number of benzene rings is 1. The summed E-state index contributed by atoms with van der Waals surface area (Å²) in [5.74, 6) is 6.52.